The Hall–Kier alpha value is -4.97. The van der Waals surface area contributed by atoms with Crippen molar-refractivity contribution < 1.29 is 18.5 Å². The van der Waals surface area contributed by atoms with Crippen molar-refractivity contribution in [1.82, 2.24) is 4.57 Å². The fourth-order valence-corrected chi connectivity index (χ4v) is 6.80. The van der Waals surface area contributed by atoms with Crippen LogP contribution in [0.2, 0.25) is 0 Å². The lowest BCUT2D eigenvalue weighted by Crippen LogP contribution is -2.57. The van der Waals surface area contributed by atoms with Crippen LogP contribution in [0.5, 0.6) is 23.0 Å². The summed E-state index contributed by atoms with van der Waals surface area (Å²) in [7, 11) is 2.10. The molecule has 0 bridgehead atoms. The van der Waals surface area contributed by atoms with Crippen LogP contribution in [-0.4, -0.2) is 11.3 Å². The third-order valence-electron chi connectivity index (χ3n) is 8.76. The van der Waals surface area contributed by atoms with E-state index < -0.39 is 0 Å². The van der Waals surface area contributed by atoms with Gasteiger partial charge in [-0.25, -0.2) is 4.57 Å². The van der Waals surface area contributed by atoms with Crippen LogP contribution in [0, 0.1) is 13.8 Å². The minimum Gasteiger partial charge on any atom is -0.458 e. The summed E-state index contributed by atoms with van der Waals surface area (Å²) < 4.78 is 24.5. The molecule has 0 radical (unpaired) electrons. The molecule has 2 aromatic heterocycles. The lowest BCUT2D eigenvalue weighted by Gasteiger charge is -2.32. The second-order valence-corrected chi connectivity index (χ2v) is 10.8. The van der Waals surface area contributed by atoms with E-state index in [4.69, 9.17) is 13.9 Å². The highest BCUT2D eigenvalue weighted by molar-refractivity contribution is 6.98. The molecule has 0 saturated carbocycles. The number of fused-ring (bicyclic) bond motifs is 9. The Morgan fingerprint density at radius 2 is 1.43 bits per heavy atom. The van der Waals surface area contributed by atoms with E-state index in [-0.39, 0.29) is 6.71 Å². The normalized spacial score (nSPS) is 13.2. The number of benzene rings is 5. The van der Waals surface area contributed by atoms with Gasteiger partial charge >= 0.3 is 0 Å². The average Bonchev–Trinajstić information content (AvgIpc) is 3.47. The molecule has 0 spiro atoms. The maximum Gasteiger partial charge on any atom is 0.260 e. The van der Waals surface area contributed by atoms with E-state index in [0.29, 0.717) is 0 Å². The molecule has 5 nitrogen and oxygen atoms in total. The van der Waals surface area contributed by atoms with E-state index in [2.05, 4.69) is 96.8 Å². The van der Waals surface area contributed by atoms with Gasteiger partial charge in [-0.05, 0) is 42.1 Å². The Labute approximate surface area is 230 Å². The zero-order valence-electron chi connectivity index (χ0n) is 22.4. The fourth-order valence-electron chi connectivity index (χ4n) is 6.80. The minimum atomic E-state index is 0.0151. The number of para-hydroxylation sites is 3. The molecule has 0 unspecified atom stereocenters. The van der Waals surface area contributed by atoms with Crippen molar-refractivity contribution in [2.75, 3.05) is 0 Å². The molecule has 6 heteroatoms. The Morgan fingerprint density at radius 3 is 2.23 bits per heavy atom. The highest BCUT2D eigenvalue weighted by Gasteiger charge is 2.44. The number of imidazole rings is 1. The standard InChI is InChI=1S/C34H24BN2O3/c1-19-16-17-22-21-10-4-7-13-26(21)39-33(22)31(19)37-20(2)36(3)25-18-29-30-34(32(25)37)40-28-15-9-6-12-24(28)35(30)23-11-5-8-14-27(23)38-29/h4-18H,1-3H3/q+1. The number of aryl methyl sites for hydroxylation is 2. The van der Waals surface area contributed by atoms with Gasteiger partial charge in [0.2, 0.25) is 5.52 Å². The minimum absolute atomic E-state index is 0.0151. The van der Waals surface area contributed by atoms with Crippen molar-refractivity contribution in [2.24, 2.45) is 7.05 Å². The topological polar surface area (TPSA) is 40.4 Å². The lowest BCUT2D eigenvalue weighted by molar-refractivity contribution is -0.575. The van der Waals surface area contributed by atoms with E-state index in [1.807, 2.05) is 24.3 Å². The summed E-state index contributed by atoms with van der Waals surface area (Å²) >= 11 is 0. The maximum absolute atomic E-state index is 6.85. The summed E-state index contributed by atoms with van der Waals surface area (Å²) in [6, 6.07) is 31.5. The molecule has 40 heavy (non-hydrogen) atoms. The third-order valence-corrected chi connectivity index (χ3v) is 8.76. The van der Waals surface area contributed by atoms with Gasteiger partial charge in [0.25, 0.3) is 12.5 Å². The van der Waals surface area contributed by atoms with Crippen molar-refractivity contribution >= 4 is 56.1 Å². The molecular weight excluding hydrogens is 495 g/mol. The number of hydrogen-bond acceptors (Lipinski definition) is 3. The van der Waals surface area contributed by atoms with Gasteiger partial charge in [0.15, 0.2) is 22.5 Å². The van der Waals surface area contributed by atoms with Crippen LogP contribution in [0.4, 0.5) is 0 Å². The average molecular weight is 519 g/mol. The highest BCUT2D eigenvalue weighted by atomic mass is 16.5. The number of ether oxygens (including phenoxy) is 2. The Kier molecular flexibility index (Phi) is 4.15. The SMILES string of the molecule is Cc1ccc2c(oc3ccccc32)c1-[n+]1c(C)n(C)c2cc3c4c(c21)Oc1ccccc1B4c1ccccc1O3. The van der Waals surface area contributed by atoms with E-state index in [0.717, 1.165) is 89.4 Å². The molecule has 190 valence electrons. The van der Waals surface area contributed by atoms with Crippen LogP contribution in [0.3, 0.4) is 0 Å². The zero-order valence-corrected chi connectivity index (χ0v) is 22.4. The number of rotatable bonds is 1. The Morgan fingerprint density at radius 1 is 0.725 bits per heavy atom. The zero-order chi connectivity index (χ0) is 26.7. The predicted molar refractivity (Wildman–Crippen MR) is 159 cm³/mol. The van der Waals surface area contributed by atoms with Crippen LogP contribution in [-0.2, 0) is 7.05 Å². The van der Waals surface area contributed by atoms with Crippen molar-refractivity contribution in [2.45, 2.75) is 13.8 Å². The molecule has 2 aliphatic heterocycles. The molecular formula is C34H24BN2O3+. The molecule has 0 saturated heterocycles. The first-order valence-electron chi connectivity index (χ1n) is 13.6. The van der Waals surface area contributed by atoms with Gasteiger partial charge in [0, 0.05) is 34.8 Å². The summed E-state index contributed by atoms with van der Waals surface area (Å²) in [5, 5.41) is 2.22. The van der Waals surface area contributed by atoms with Gasteiger partial charge in [0.1, 0.15) is 22.8 Å². The number of furan rings is 1. The molecule has 7 aromatic rings. The van der Waals surface area contributed by atoms with Crippen LogP contribution >= 0.6 is 0 Å². The predicted octanol–water partition coefficient (Wildman–Crippen LogP) is 5.70. The Balaban J connectivity index is 1.44. The molecule has 0 fully saturated rings. The first kappa shape index (κ1) is 21.9. The molecule has 0 aliphatic carbocycles. The third kappa shape index (κ3) is 2.65. The maximum atomic E-state index is 6.85. The lowest BCUT2D eigenvalue weighted by atomic mass is 9.35. The van der Waals surface area contributed by atoms with Crippen LogP contribution in [0.25, 0.3) is 38.7 Å². The quantitative estimate of drug-likeness (QED) is 0.207. The highest BCUT2D eigenvalue weighted by Crippen LogP contribution is 2.40. The van der Waals surface area contributed by atoms with Gasteiger partial charge in [-0.1, -0.05) is 60.7 Å². The Bertz CT molecular complexity index is 2210. The van der Waals surface area contributed by atoms with Crippen molar-refractivity contribution in [1.29, 1.82) is 0 Å². The molecule has 9 rings (SSSR count). The summed E-state index contributed by atoms with van der Waals surface area (Å²) in [4.78, 5) is 0. The van der Waals surface area contributed by atoms with Gasteiger partial charge in [-0.3, -0.25) is 0 Å². The second kappa shape index (κ2) is 7.57. The molecule has 4 heterocycles. The van der Waals surface area contributed by atoms with Crippen LogP contribution < -0.4 is 30.4 Å². The van der Waals surface area contributed by atoms with Gasteiger partial charge < -0.3 is 13.9 Å². The second-order valence-electron chi connectivity index (χ2n) is 10.8. The first-order chi connectivity index (χ1) is 19.6. The number of hydrogen-bond donors (Lipinski definition) is 0. The van der Waals surface area contributed by atoms with Crippen molar-refractivity contribution in [3.8, 4) is 28.7 Å². The van der Waals surface area contributed by atoms with Crippen molar-refractivity contribution in [3.05, 3.63) is 102 Å². The largest absolute Gasteiger partial charge is 0.458 e. The van der Waals surface area contributed by atoms with E-state index in [1.165, 1.54) is 0 Å². The summed E-state index contributed by atoms with van der Waals surface area (Å²) in [5.74, 6) is 4.51. The van der Waals surface area contributed by atoms with Crippen molar-refractivity contribution in [3.63, 3.8) is 0 Å². The van der Waals surface area contributed by atoms with Crippen LogP contribution in [0.1, 0.15) is 11.4 Å². The molecule has 0 N–H and O–H groups in total. The molecule has 0 amide bonds. The fraction of sp³-hybridized carbons (Fsp3) is 0.0882. The molecule has 5 aromatic carbocycles. The summed E-state index contributed by atoms with van der Waals surface area (Å²) in [6.07, 6.45) is 0. The first-order valence-corrected chi connectivity index (χ1v) is 13.6. The van der Waals surface area contributed by atoms with Gasteiger partial charge in [-0.2, -0.15) is 4.57 Å². The monoisotopic (exact) mass is 519 g/mol. The van der Waals surface area contributed by atoms with E-state index >= 15 is 0 Å². The smallest absolute Gasteiger partial charge is 0.260 e. The van der Waals surface area contributed by atoms with E-state index in [1.54, 1.807) is 0 Å². The number of aromatic nitrogens is 2. The van der Waals surface area contributed by atoms with Gasteiger partial charge in [0.05, 0.1) is 7.05 Å². The molecule has 0 atom stereocenters. The summed E-state index contributed by atoms with van der Waals surface area (Å²) in [5.41, 5.74) is 9.35. The van der Waals surface area contributed by atoms with E-state index in [9.17, 15) is 0 Å². The molecule has 2 aliphatic rings. The van der Waals surface area contributed by atoms with Gasteiger partial charge in [-0.15, -0.1) is 0 Å². The number of nitrogens with zero attached hydrogens (tertiary/aromatic N) is 2. The summed E-state index contributed by atoms with van der Waals surface area (Å²) in [6.45, 7) is 4.31. The van der Waals surface area contributed by atoms with Crippen LogP contribution in [0.15, 0.2) is 95.4 Å².